The lowest BCUT2D eigenvalue weighted by atomic mass is 9.95. The van der Waals surface area contributed by atoms with E-state index < -0.39 is 23.5 Å². The fourth-order valence-electron chi connectivity index (χ4n) is 5.27. The van der Waals surface area contributed by atoms with Crippen LogP contribution in [0.4, 0.5) is 5.13 Å². The van der Waals surface area contributed by atoms with Crippen LogP contribution < -0.4 is 19.1 Å². The summed E-state index contributed by atoms with van der Waals surface area (Å²) < 4.78 is 18.8. The van der Waals surface area contributed by atoms with Crippen LogP contribution in [0.5, 0.6) is 17.2 Å². The molecule has 0 bridgehead atoms. The standard InChI is InChI=1S/C31H25Cl2N5O6S2/c1-15-24(37-10-6-5-7-22(37)34-15)26(39)23-25(17-11-20(42-2)28(44-4)21(12-17)43-3)38(29(41)27(23)40)30-35-36-31(46-30)45-14-16-8-9-18(32)13-19(16)33/h5-13,25,39H,14H2,1-4H3. The number of hydrogen-bond donors (Lipinski definition) is 1. The van der Waals surface area contributed by atoms with Gasteiger partial charge < -0.3 is 19.3 Å². The number of benzene rings is 2. The number of amides is 1. The maximum atomic E-state index is 13.9. The predicted molar refractivity (Wildman–Crippen MR) is 177 cm³/mol. The van der Waals surface area contributed by atoms with Crippen molar-refractivity contribution in [2.24, 2.45) is 0 Å². The van der Waals surface area contributed by atoms with E-state index in [1.54, 1.807) is 53.9 Å². The number of nitrogens with zero attached hydrogens (tertiary/aromatic N) is 5. The monoisotopic (exact) mass is 697 g/mol. The predicted octanol–water partition coefficient (Wildman–Crippen LogP) is 6.75. The number of aliphatic hydroxyl groups excluding tert-OH is 1. The van der Waals surface area contributed by atoms with Crippen LogP contribution in [0, 0.1) is 6.92 Å². The molecule has 15 heteroatoms. The van der Waals surface area contributed by atoms with Gasteiger partial charge >= 0.3 is 5.91 Å². The molecule has 4 heterocycles. The van der Waals surface area contributed by atoms with Crippen LogP contribution in [0.25, 0.3) is 11.4 Å². The molecule has 6 rings (SSSR count). The minimum Gasteiger partial charge on any atom is -0.505 e. The van der Waals surface area contributed by atoms with Gasteiger partial charge in [-0.1, -0.05) is 58.4 Å². The van der Waals surface area contributed by atoms with E-state index in [1.165, 1.54) is 38.0 Å². The Labute approximate surface area is 281 Å². The molecule has 11 nitrogen and oxygen atoms in total. The number of carbonyl (C=O) groups is 2. The highest BCUT2D eigenvalue weighted by Crippen LogP contribution is 2.48. The summed E-state index contributed by atoms with van der Waals surface area (Å²) in [5.74, 6) is -0.818. The number of Topliss-reactive ketones (excluding diaryl/α,β-unsaturated/α-hetero) is 1. The summed E-state index contributed by atoms with van der Waals surface area (Å²) >= 11 is 14.9. The summed E-state index contributed by atoms with van der Waals surface area (Å²) in [6.45, 7) is 1.72. The Morgan fingerprint density at radius 1 is 1.02 bits per heavy atom. The van der Waals surface area contributed by atoms with Gasteiger partial charge in [0.25, 0.3) is 5.78 Å². The lowest BCUT2D eigenvalue weighted by molar-refractivity contribution is -0.132. The molecule has 1 aliphatic heterocycles. The first kappa shape index (κ1) is 31.7. The third-order valence-electron chi connectivity index (χ3n) is 7.34. The number of pyridine rings is 1. The third kappa shape index (κ3) is 5.53. The largest absolute Gasteiger partial charge is 0.505 e. The number of hydrogen-bond acceptors (Lipinski definition) is 11. The molecule has 3 aromatic heterocycles. The van der Waals surface area contributed by atoms with Crippen molar-refractivity contribution >= 4 is 74.5 Å². The molecule has 1 aliphatic rings. The second-order valence-electron chi connectivity index (χ2n) is 9.98. The van der Waals surface area contributed by atoms with Crippen molar-refractivity contribution in [3.05, 3.63) is 92.9 Å². The molecule has 5 aromatic rings. The minimum absolute atomic E-state index is 0.152. The molecule has 2 aromatic carbocycles. The molecule has 0 aliphatic carbocycles. The first-order valence-corrected chi connectivity index (χ1v) is 16.2. The number of methoxy groups -OCH3 is 3. The highest BCUT2D eigenvalue weighted by molar-refractivity contribution is 8.00. The van der Waals surface area contributed by atoms with E-state index in [1.807, 2.05) is 12.1 Å². The van der Waals surface area contributed by atoms with Crippen LogP contribution in [0.3, 0.4) is 0 Å². The Kier molecular flexibility index (Phi) is 8.84. The Bertz CT molecular complexity index is 2020. The van der Waals surface area contributed by atoms with Crippen molar-refractivity contribution in [3.8, 4) is 17.2 Å². The van der Waals surface area contributed by atoms with Crippen molar-refractivity contribution in [2.75, 3.05) is 26.2 Å². The Morgan fingerprint density at radius 2 is 1.76 bits per heavy atom. The summed E-state index contributed by atoms with van der Waals surface area (Å²) in [6.07, 6.45) is 1.72. The van der Waals surface area contributed by atoms with Crippen LogP contribution in [0.2, 0.25) is 10.0 Å². The van der Waals surface area contributed by atoms with Crippen LogP contribution in [0.1, 0.15) is 28.6 Å². The number of aromatic nitrogens is 4. The van der Waals surface area contributed by atoms with Crippen molar-refractivity contribution in [3.63, 3.8) is 0 Å². The van der Waals surface area contributed by atoms with Gasteiger partial charge in [-0.3, -0.25) is 18.9 Å². The SMILES string of the molecule is COc1cc(C2C(=C(O)c3c(C)nc4ccccn34)C(=O)C(=O)N2c2nnc(SCc3ccc(Cl)cc3Cl)s2)cc(OC)c1OC. The fraction of sp³-hybridized carbons (Fsp3) is 0.194. The first-order chi connectivity index (χ1) is 22.2. The van der Waals surface area contributed by atoms with E-state index in [0.29, 0.717) is 54.3 Å². The molecule has 1 atom stereocenters. The van der Waals surface area contributed by atoms with Gasteiger partial charge in [0.2, 0.25) is 10.9 Å². The van der Waals surface area contributed by atoms with Crippen LogP contribution in [0.15, 0.2) is 64.6 Å². The summed E-state index contributed by atoms with van der Waals surface area (Å²) in [6, 6.07) is 12.7. The van der Waals surface area contributed by atoms with Crippen LogP contribution in [-0.2, 0) is 15.3 Å². The number of rotatable bonds is 9. The summed E-state index contributed by atoms with van der Waals surface area (Å²) in [5, 5.41) is 21.6. The van der Waals surface area contributed by atoms with Crippen molar-refractivity contribution in [1.29, 1.82) is 0 Å². The van der Waals surface area contributed by atoms with Gasteiger partial charge in [-0.25, -0.2) is 4.98 Å². The van der Waals surface area contributed by atoms with E-state index in [-0.39, 0.29) is 16.4 Å². The average molecular weight is 699 g/mol. The van der Waals surface area contributed by atoms with E-state index in [4.69, 9.17) is 37.4 Å². The fourth-order valence-corrected chi connectivity index (χ4v) is 7.69. The van der Waals surface area contributed by atoms with Crippen molar-refractivity contribution in [2.45, 2.75) is 23.1 Å². The topological polar surface area (TPSA) is 128 Å². The molecule has 236 valence electrons. The summed E-state index contributed by atoms with van der Waals surface area (Å²) in [7, 11) is 4.39. The molecule has 0 radical (unpaired) electrons. The molecule has 1 amide bonds. The van der Waals surface area contributed by atoms with Crippen LogP contribution in [-0.4, -0.2) is 57.7 Å². The van der Waals surface area contributed by atoms with Gasteiger partial charge in [0.1, 0.15) is 11.3 Å². The number of halogens is 2. The van der Waals surface area contributed by atoms with E-state index in [2.05, 4.69) is 15.2 Å². The first-order valence-electron chi connectivity index (χ1n) is 13.6. The average Bonchev–Trinajstić information content (AvgIpc) is 3.72. The van der Waals surface area contributed by atoms with E-state index >= 15 is 0 Å². The lowest BCUT2D eigenvalue weighted by Crippen LogP contribution is -2.29. The number of carbonyl (C=O) groups excluding carboxylic acids is 2. The number of imidazole rings is 1. The highest BCUT2D eigenvalue weighted by atomic mass is 35.5. The van der Waals surface area contributed by atoms with Gasteiger partial charge in [-0.15, -0.1) is 10.2 Å². The van der Waals surface area contributed by atoms with E-state index in [0.717, 1.165) is 16.9 Å². The van der Waals surface area contributed by atoms with Gasteiger partial charge in [0.15, 0.2) is 21.6 Å². The number of anilines is 1. The molecule has 0 saturated carbocycles. The van der Waals surface area contributed by atoms with Crippen molar-refractivity contribution < 1.29 is 28.9 Å². The molecule has 1 N–H and O–H groups in total. The highest BCUT2D eigenvalue weighted by Gasteiger charge is 2.49. The second-order valence-corrected chi connectivity index (χ2v) is 13.0. The van der Waals surface area contributed by atoms with Gasteiger partial charge in [-0.2, -0.15) is 0 Å². The second kappa shape index (κ2) is 12.8. The maximum Gasteiger partial charge on any atom is 0.301 e. The summed E-state index contributed by atoms with van der Waals surface area (Å²) in [4.78, 5) is 33.5. The quantitative estimate of drug-likeness (QED) is 0.0581. The molecular formula is C31H25Cl2N5O6S2. The van der Waals surface area contributed by atoms with E-state index in [9.17, 15) is 14.7 Å². The summed E-state index contributed by atoms with van der Waals surface area (Å²) in [5.41, 5.74) is 2.39. The van der Waals surface area contributed by atoms with Gasteiger partial charge in [0, 0.05) is 22.0 Å². The third-order valence-corrected chi connectivity index (χ3v) is 10.0. The zero-order valence-electron chi connectivity index (χ0n) is 24.8. The lowest BCUT2D eigenvalue weighted by Gasteiger charge is -2.24. The molecular weight excluding hydrogens is 673 g/mol. The Morgan fingerprint density at radius 3 is 2.43 bits per heavy atom. The number of aryl methyl sites for hydroxylation is 1. The smallest absolute Gasteiger partial charge is 0.301 e. The van der Waals surface area contributed by atoms with Crippen LogP contribution >= 0.6 is 46.3 Å². The molecule has 1 fully saturated rings. The molecule has 46 heavy (non-hydrogen) atoms. The normalized spacial score (nSPS) is 16.0. The number of ether oxygens (including phenoxy) is 3. The van der Waals surface area contributed by atoms with Gasteiger partial charge in [-0.05, 0) is 54.4 Å². The van der Waals surface area contributed by atoms with Gasteiger partial charge in [0.05, 0.1) is 38.6 Å². The zero-order valence-corrected chi connectivity index (χ0v) is 27.9. The number of ketones is 1. The number of aliphatic hydroxyl groups is 1. The molecule has 1 saturated heterocycles. The van der Waals surface area contributed by atoms with Crippen molar-refractivity contribution in [1.82, 2.24) is 19.6 Å². The maximum absolute atomic E-state index is 13.9. The number of thioether (sulfide) groups is 1. The Balaban J connectivity index is 1.49. The molecule has 1 unspecified atom stereocenters. The Hall–Kier alpha value is -4.30. The minimum atomic E-state index is -1.14. The number of fused-ring (bicyclic) bond motifs is 1. The molecule has 0 spiro atoms. The zero-order chi connectivity index (χ0) is 32.7.